The second-order valence-electron chi connectivity index (χ2n) is 9.39. The highest BCUT2D eigenvalue weighted by Crippen LogP contribution is 2.43. The lowest BCUT2D eigenvalue weighted by atomic mass is 9.85. The molecule has 29 heavy (non-hydrogen) atoms. The fraction of sp³-hybridized carbons (Fsp3) is 0.708. The van der Waals surface area contributed by atoms with E-state index in [1.807, 2.05) is 17.0 Å². The van der Waals surface area contributed by atoms with Crippen molar-refractivity contribution in [3.8, 4) is 5.75 Å². The summed E-state index contributed by atoms with van der Waals surface area (Å²) in [6.45, 7) is 2.09. The molecule has 0 aromatic heterocycles. The van der Waals surface area contributed by atoms with E-state index >= 15 is 0 Å². The molecule has 1 aliphatic carbocycles. The van der Waals surface area contributed by atoms with Crippen LogP contribution in [0, 0.1) is 5.92 Å². The third-order valence-electron chi connectivity index (χ3n) is 7.55. The van der Waals surface area contributed by atoms with Gasteiger partial charge in [-0.3, -0.25) is 9.69 Å². The van der Waals surface area contributed by atoms with Crippen molar-refractivity contribution in [2.45, 2.75) is 75.8 Å². The number of carbonyl (C=O) groups is 1. The summed E-state index contributed by atoms with van der Waals surface area (Å²) in [4.78, 5) is 16.9. The summed E-state index contributed by atoms with van der Waals surface area (Å²) >= 11 is 0. The van der Waals surface area contributed by atoms with Gasteiger partial charge in [0.05, 0.1) is 0 Å². The number of rotatable bonds is 7. The van der Waals surface area contributed by atoms with Crippen LogP contribution in [0.15, 0.2) is 24.3 Å². The van der Waals surface area contributed by atoms with Crippen molar-refractivity contribution >= 4 is 5.91 Å². The number of aliphatic hydroxyl groups excluding tert-OH is 1. The Labute approximate surface area is 174 Å². The van der Waals surface area contributed by atoms with Gasteiger partial charge in [-0.1, -0.05) is 31.4 Å². The number of nitrogens with zero attached hydrogens (tertiary/aromatic N) is 2. The molecular weight excluding hydrogens is 364 g/mol. The van der Waals surface area contributed by atoms with Crippen molar-refractivity contribution in [2.75, 3.05) is 26.2 Å². The van der Waals surface area contributed by atoms with Crippen LogP contribution in [-0.2, 0) is 4.79 Å². The number of carbonyl (C=O) groups excluding carboxylic acids is 1. The first-order valence-corrected chi connectivity index (χ1v) is 11.6. The minimum Gasteiger partial charge on any atom is -0.508 e. The van der Waals surface area contributed by atoms with E-state index in [1.165, 1.54) is 50.5 Å². The number of aliphatic hydroxyl groups is 1. The van der Waals surface area contributed by atoms with E-state index in [0.29, 0.717) is 29.7 Å². The van der Waals surface area contributed by atoms with Gasteiger partial charge in [0.15, 0.2) is 0 Å². The molecule has 5 nitrogen and oxygen atoms in total. The lowest BCUT2D eigenvalue weighted by Gasteiger charge is -2.40. The molecule has 3 aliphatic rings. The van der Waals surface area contributed by atoms with Crippen LogP contribution in [0.3, 0.4) is 0 Å². The fourth-order valence-electron chi connectivity index (χ4n) is 6.03. The Morgan fingerprint density at radius 3 is 2.45 bits per heavy atom. The first-order chi connectivity index (χ1) is 14.1. The average molecular weight is 401 g/mol. The van der Waals surface area contributed by atoms with E-state index in [9.17, 15) is 15.0 Å². The zero-order valence-electron chi connectivity index (χ0n) is 17.5. The van der Waals surface area contributed by atoms with Crippen molar-refractivity contribution < 1.29 is 15.0 Å². The smallest absolute Gasteiger partial charge is 0.248 e. The standard InChI is InChI=1S/C24H36N2O3/c27-17-24(29)25(16-18-5-2-1-3-6-18)11-12-26-21-9-10-22(26)14-20(13-21)19-7-4-8-23(28)15-19/h4,7-8,15,18,20-22,27-28H,1-3,5-6,9-14,16-17H2. The van der Waals surface area contributed by atoms with E-state index in [2.05, 4.69) is 11.0 Å². The van der Waals surface area contributed by atoms with Gasteiger partial charge in [-0.15, -0.1) is 0 Å². The molecule has 3 fully saturated rings. The second-order valence-corrected chi connectivity index (χ2v) is 9.39. The first-order valence-electron chi connectivity index (χ1n) is 11.6. The number of hydrogen-bond acceptors (Lipinski definition) is 4. The van der Waals surface area contributed by atoms with Crippen molar-refractivity contribution in [3.63, 3.8) is 0 Å². The largest absolute Gasteiger partial charge is 0.508 e. The molecular formula is C24H36N2O3. The van der Waals surface area contributed by atoms with Gasteiger partial charge in [-0.2, -0.15) is 0 Å². The molecule has 160 valence electrons. The Balaban J connectivity index is 1.34. The summed E-state index contributed by atoms with van der Waals surface area (Å²) in [5, 5.41) is 19.3. The van der Waals surface area contributed by atoms with Crippen LogP contribution in [0.5, 0.6) is 5.75 Å². The Morgan fingerprint density at radius 2 is 1.79 bits per heavy atom. The van der Waals surface area contributed by atoms with Crippen molar-refractivity contribution in [1.29, 1.82) is 0 Å². The summed E-state index contributed by atoms with van der Waals surface area (Å²) < 4.78 is 0. The van der Waals surface area contributed by atoms with Gasteiger partial charge in [-0.05, 0) is 68.1 Å². The van der Waals surface area contributed by atoms with Gasteiger partial charge in [0.1, 0.15) is 12.4 Å². The van der Waals surface area contributed by atoms with E-state index < -0.39 is 0 Å². The lowest BCUT2D eigenvalue weighted by Crippen LogP contribution is -2.48. The number of amides is 1. The SMILES string of the molecule is O=C(CO)N(CCN1C2CCC1CC(c1cccc(O)c1)C2)CC1CCCCC1. The van der Waals surface area contributed by atoms with Crippen LogP contribution >= 0.6 is 0 Å². The van der Waals surface area contributed by atoms with Crippen molar-refractivity contribution in [1.82, 2.24) is 9.80 Å². The number of hydrogen-bond donors (Lipinski definition) is 2. The van der Waals surface area contributed by atoms with Gasteiger partial charge in [-0.25, -0.2) is 0 Å². The van der Waals surface area contributed by atoms with Gasteiger partial charge < -0.3 is 15.1 Å². The molecule has 4 rings (SSSR count). The Morgan fingerprint density at radius 1 is 1.07 bits per heavy atom. The minimum atomic E-state index is -0.376. The Kier molecular flexibility index (Phi) is 6.76. The van der Waals surface area contributed by atoms with Crippen LogP contribution in [0.25, 0.3) is 0 Å². The van der Waals surface area contributed by atoms with Crippen molar-refractivity contribution in [3.05, 3.63) is 29.8 Å². The molecule has 2 bridgehead atoms. The van der Waals surface area contributed by atoms with Gasteiger partial charge in [0.2, 0.25) is 5.91 Å². The molecule has 0 spiro atoms. The highest BCUT2D eigenvalue weighted by molar-refractivity contribution is 5.77. The molecule has 5 heteroatoms. The van der Waals surface area contributed by atoms with Gasteiger partial charge in [0, 0.05) is 31.7 Å². The molecule has 2 aliphatic heterocycles. The van der Waals surface area contributed by atoms with Crippen LogP contribution in [0.4, 0.5) is 0 Å². The number of fused-ring (bicyclic) bond motifs is 2. The average Bonchev–Trinajstić information content (AvgIpc) is 2.98. The second kappa shape index (κ2) is 9.48. The molecule has 0 radical (unpaired) electrons. The number of phenolic OH excluding ortho intramolecular Hbond substituents is 1. The van der Waals surface area contributed by atoms with Crippen LogP contribution < -0.4 is 0 Å². The molecule has 2 unspecified atom stereocenters. The quantitative estimate of drug-likeness (QED) is 0.735. The van der Waals surface area contributed by atoms with E-state index in [0.717, 1.165) is 32.5 Å². The molecule has 1 amide bonds. The molecule has 2 saturated heterocycles. The molecule has 2 atom stereocenters. The first kappa shape index (κ1) is 20.7. The maximum Gasteiger partial charge on any atom is 0.248 e. The van der Waals surface area contributed by atoms with E-state index in [1.54, 1.807) is 6.07 Å². The molecule has 1 aromatic carbocycles. The number of benzene rings is 1. The molecule has 1 aromatic rings. The zero-order chi connectivity index (χ0) is 20.2. The topological polar surface area (TPSA) is 64.0 Å². The third kappa shape index (κ3) is 4.95. The normalized spacial score (nSPS) is 27.8. The van der Waals surface area contributed by atoms with Crippen LogP contribution in [-0.4, -0.2) is 64.2 Å². The summed E-state index contributed by atoms with van der Waals surface area (Å²) in [6.07, 6.45) is 11.0. The third-order valence-corrected chi connectivity index (χ3v) is 7.55. The van der Waals surface area contributed by atoms with E-state index in [4.69, 9.17) is 0 Å². The van der Waals surface area contributed by atoms with E-state index in [-0.39, 0.29) is 12.5 Å². The lowest BCUT2D eigenvalue weighted by molar-refractivity contribution is -0.135. The molecule has 2 heterocycles. The van der Waals surface area contributed by atoms with Crippen LogP contribution in [0.1, 0.15) is 69.3 Å². The van der Waals surface area contributed by atoms with Gasteiger partial charge in [0.25, 0.3) is 0 Å². The Bertz CT molecular complexity index is 674. The van der Waals surface area contributed by atoms with Crippen LogP contribution in [0.2, 0.25) is 0 Å². The van der Waals surface area contributed by atoms with Gasteiger partial charge >= 0.3 is 0 Å². The highest BCUT2D eigenvalue weighted by atomic mass is 16.3. The summed E-state index contributed by atoms with van der Waals surface area (Å²) in [6, 6.07) is 8.90. The fourth-order valence-corrected chi connectivity index (χ4v) is 6.03. The minimum absolute atomic E-state index is 0.113. The van der Waals surface area contributed by atoms with Crippen molar-refractivity contribution in [2.24, 2.45) is 5.92 Å². The predicted octanol–water partition coefficient (Wildman–Crippen LogP) is 3.50. The maximum absolute atomic E-state index is 12.3. The molecule has 1 saturated carbocycles. The summed E-state index contributed by atoms with van der Waals surface area (Å²) in [5.41, 5.74) is 1.26. The molecule has 2 N–H and O–H groups in total. The number of phenols is 1. The Hall–Kier alpha value is -1.59. The predicted molar refractivity (Wildman–Crippen MR) is 114 cm³/mol. The summed E-state index contributed by atoms with van der Waals surface area (Å²) in [5.74, 6) is 1.37. The highest BCUT2D eigenvalue weighted by Gasteiger charge is 2.41. The number of aromatic hydroxyl groups is 1. The maximum atomic E-state index is 12.3. The summed E-state index contributed by atoms with van der Waals surface area (Å²) in [7, 11) is 0. The zero-order valence-corrected chi connectivity index (χ0v) is 17.5. The monoisotopic (exact) mass is 400 g/mol. The number of piperidine rings is 1.